The topological polar surface area (TPSA) is 41.8 Å². The minimum Gasteiger partial charge on any atom is -0.497 e. The zero-order valence-electron chi connectivity index (χ0n) is 9.31. The molecule has 0 aliphatic heterocycles. The van der Waals surface area contributed by atoms with E-state index < -0.39 is 0 Å². The molecule has 1 aliphatic carbocycles. The molecule has 0 saturated carbocycles. The molecule has 0 radical (unpaired) electrons. The Balaban J connectivity index is 2.32. The highest BCUT2D eigenvalue weighted by molar-refractivity contribution is 5.92. The normalized spacial score (nSPS) is 16.1. The van der Waals surface area contributed by atoms with Gasteiger partial charge in [0.2, 0.25) is 0 Å². The first-order valence-electron chi connectivity index (χ1n) is 5.39. The summed E-state index contributed by atoms with van der Waals surface area (Å²) in [5.74, 6) is 0.861. The smallest absolute Gasteiger partial charge is 0.118 e. The molecular formula is C13H15NO2. The molecule has 0 fully saturated rings. The summed E-state index contributed by atoms with van der Waals surface area (Å²) >= 11 is 0. The summed E-state index contributed by atoms with van der Waals surface area (Å²) < 4.78 is 5.12. The van der Waals surface area contributed by atoms with Crippen molar-refractivity contribution in [3.8, 4) is 5.75 Å². The Morgan fingerprint density at radius 1 is 1.25 bits per heavy atom. The van der Waals surface area contributed by atoms with Crippen LogP contribution in [0.3, 0.4) is 0 Å². The van der Waals surface area contributed by atoms with Crippen molar-refractivity contribution in [2.45, 2.75) is 19.3 Å². The van der Waals surface area contributed by atoms with E-state index in [1.165, 1.54) is 11.1 Å². The second-order valence-corrected chi connectivity index (χ2v) is 3.83. The Kier molecular flexibility index (Phi) is 3.25. The Hall–Kier alpha value is -1.77. The van der Waals surface area contributed by atoms with Gasteiger partial charge in [-0.3, -0.25) is 0 Å². The van der Waals surface area contributed by atoms with Crippen LogP contribution in [0.25, 0.3) is 5.57 Å². The number of hydrogen-bond donors (Lipinski definition) is 1. The highest BCUT2D eigenvalue weighted by atomic mass is 16.5. The zero-order chi connectivity index (χ0) is 11.4. The van der Waals surface area contributed by atoms with Crippen molar-refractivity contribution in [3.05, 3.63) is 35.4 Å². The van der Waals surface area contributed by atoms with Gasteiger partial charge in [-0.05, 0) is 48.1 Å². The number of rotatable bonds is 3. The molecule has 1 aliphatic rings. The van der Waals surface area contributed by atoms with Crippen molar-refractivity contribution in [2.75, 3.05) is 7.11 Å². The standard InChI is InChI=1S/C13H15NO2/c1-16-12-7-5-10(6-8-12)13-4-2-3-11(13)9-14-15/h5-9,15H,2-4H2,1H3/b14-9+. The third-order valence-corrected chi connectivity index (χ3v) is 2.91. The monoisotopic (exact) mass is 217 g/mol. The molecule has 16 heavy (non-hydrogen) atoms. The van der Waals surface area contributed by atoms with Gasteiger partial charge in [-0.2, -0.15) is 0 Å². The van der Waals surface area contributed by atoms with E-state index in [4.69, 9.17) is 9.94 Å². The molecule has 0 unspecified atom stereocenters. The van der Waals surface area contributed by atoms with Gasteiger partial charge in [0, 0.05) is 0 Å². The Morgan fingerprint density at radius 2 is 2.00 bits per heavy atom. The van der Waals surface area contributed by atoms with Gasteiger partial charge >= 0.3 is 0 Å². The van der Waals surface area contributed by atoms with Crippen molar-refractivity contribution < 1.29 is 9.94 Å². The van der Waals surface area contributed by atoms with E-state index in [0.29, 0.717) is 0 Å². The van der Waals surface area contributed by atoms with Crippen LogP contribution >= 0.6 is 0 Å². The fourth-order valence-corrected chi connectivity index (χ4v) is 2.10. The summed E-state index contributed by atoms with van der Waals surface area (Å²) in [7, 11) is 1.66. The fourth-order valence-electron chi connectivity index (χ4n) is 2.10. The average molecular weight is 217 g/mol. The van der Waals surface area contributed by atoms with Gasteiger partial charge < -0.3 is 9.94 Å². The number of methoxy groups -OCH3 is 1. The molecule has 0 heterocycles. The second-order valence-electron chi connectivity index (χ2n) is 3.83. The van der Waals surface area contributed by atoms with Gasteiger partial charge in [0.05, 0.1) is 13.3 Å². The van der Waals surface area contributed by atoms with Crippen molar-refractivity contribution >= 4 is 11.8 Å². The highest BCUT2D eigenvalue weighted by Gasteiger charge is 2.14. The van der Waals surface area contributed by atoms with Crippen molar-refractivity contribution in [1.82, 2.24) is 0 Å². The predicted octanol–water partition coefficient (Wildman–Crippen LogP) is 3.09. The summed E-state index contributed by atoms with van der Waals surface area (Å²) in [6.45, 7) is 0. The van der Waals surface area contributed by atoms with Gasteiger partial charge in [0.15, 0.2) is 0 Å². The van der Waals surface area contributed by atoms with Crippen LogP contribution in [0.2, 0.25) is 0 Å². The Bertz CT molecular complexity index is 418. The first kappa shape index (κ1) is 10.7. The van der Waals surface area contributed by atoms with Crippen LogP contribution in [0.15, 0.2) is 35.0 Å². The lowest BCUT2D eigenvalue weighted by molar-refractivity contribution is 0.321. The zero-order valence-corrected chi connectivity index (χ0v) is 9.31. The van der Waals surface area contributed by atoms with E-state index >= 15 is 0 Å². The molecule has 1 aromatic carbocycles. The van der Waals surface area contributed by atoms with Crippen LogP contribution in [0.4, 0.5) is 0 Å². The number of ether oxygens (including phenoxy) is 1. The van der Waals surface area contributed by atoms with Gasteiger partial charge in [-0.15, -0.1) is 0 Å². The first-order chi connectivity index (χ1) is 7.85. The largest absolute Gasteiger partial charge is 0.497 e. The molecule has 2 rings (SSSR count). The van der Waals surface area contributed by atoms with E-state index in [1.54, 1.807) is 13.3 Å². The molecule has 3 heteroatoms. The fraction of sp³-hybridized carbons (Fsp3) is 0.308. The van der Waals surface area contributed by atoms with Crippen LogP contribution in [0.5, 0.6) is 5.75 Å². The molecular weight excluding hydrogens is 202 g/mol. The summed E-state index contributed by atoms with van der Waals surface area (Å²) in [5.41, 5.74) is 3.60. The minimum atomic E-state index is 0.861. The van der Waals surface area contributed by atoms with Crippen molar-refractivity contribution in [1.29, 1.82) is 0 Å². The lowest BCUT2D eigenvalue weighted by atomic mass is 10.0. The third kappa shape index (κ3) is 2.08. The number of allylic oxidation sites excluding steroid dienone is 2. The van der Waals surface area contributed by atoms with E-state index in [9.17, 15) is 0 Å². The van der Waals surface area contributed by atoms with Crippen molar-refractivity contribution in [2.24, 2.45) is 5.16 Å². The van der Waals surface area contributed by atoms with Crippen LogP contribution in [0.1, 0.15) is 24.8 Å². The van der Waals surface area contributed by atoms with E-state index in [0.717, 1.165) is 30.6 Å². The van der Waals surface area contributed by atoms with Crippen LogP contribution < -0.4 is 4.74 Å². The summed E-state index contributed by atoms with van der Waals surface area (Å²) in [6, 6.07) is 8.00. The summed E-state index contributed by atoms with van der Waals surface area (Å²) in [4.78, 5) is 0. The SMILES string of the molecule is COc1ccc(C2=C(/C=N/O)CCC2)cc1. The molecule has 0 atom stereocenters. The third-order valence-electron chi connectivity index (χ3n) is 2.91. The van der Waals surface area contributed by atoms with Gasteiger partial charge in [0.25, 0.3) is 0 Å². The van der Waals surface area contributed by atoms with Crippen LogP contribution in [-0.4, -0.2) is 18.5 Å². The minimum absolute atomic E-state index is 0.861. The summed E-state index contributed by atoms with van der Waals surface area (Å²) in [6.07, 6.45) is 4.72. The van der Waals surface area contributed by atoms with E-state index in [-0.39, 0.29) is 0 Å². The Morgan fingerprint density at radius 3 is 2.62 bits per heavy atom. The quantitative estimate of drug-likeness (QED) is 0.480. The van der Waals surface area contributed by atoms with Crippen molar-refractivity contribution in [3.63, 3.8) is 0 Å². The van der Waals surface area contributed by atoms with Crippen LogP contribution in [-0.2, 0) is 0 Å². The first-order valence-corrected chi connectivity index (χ1v) is 5.39. The lowest BCUT2D eigenvalue weighted by Crippen LogP contribution is -1.88. The Labute approximate surface area is 95.0 Å². The number of oxime groups is 1. The number of benzene rings is 1. The second kappa shape index (κ2) is 4.84. The molecule has 0 spiro atoms. The lowest BCUT2D eigenvalue weighted by Gasteiger charge is -2.05. The number of hydrogen-bond acceptors (Lipinski definition) is 3. The van der Waals surface area contributed by atoms with E-state index in [2.05, 4.69) is 5.16 Å². The van der Waals surface area contributed by atoms with Gasteiger partial charge in [-0.25, -0.2) is 0 Å². The molecule has 1 aromatic rings. The molecule has 84 valence electrons. The molecule has 0 bridgehead atoms. The maximum absolute atomic E-state index is 8.59. The molecule has 0 amide bonds. The number of nitrogens with zero attached hydrogens (tertiary/aromatic N) is 1. The van der Waals surface area contributed by atoms with Crippen LogP contribution in [0, 0.1) is 0 Å². The van der Waals surface area contributed by atoms with E-state index in [1.807, 2.05) is 24.3 Å². The maximum atomic E-state index is 8.59. The molecule has 3 nitrogen and oxygen atoms in total. The molecule has 1 N–H and O–H groups in total. The maximum Gasteiger partial charge on any atom is 0.118 e. The molecule has 0 saturated heterocycles. The van der Waals surface area contributed by atoms with Gasteiger partial charge in [0.1, 0.15) is 5.75 Å². The van der Waals surface area contributed by atoms with Gasteiger partial charge in [-0.1, -0.05) is 17.3 Å². The highest BCUT2D eigenvalue weighted by Crippen LogP contribution is 2.33. The average Bonchev–Trinajstić information content (AvgIpc) is 2.78. The predicted molar refractivity (Wildman–Crippen MR) is 64.0 cm³/mol. The summed E-state index contributed by atoms with van der Waals surface area (Å²) in [5, 5.41) is 11.7. The molecule has 0 aromatic heterocycles.